The third-order valence-corrected chi connectivity index (χ3v) is 10.00. The molecule has 0 saturated carbocycles. The quantitative estimate of drug-likeness (QED) is 0.0272. The number of esters is 1. The van der Waals surface area contributed by atoms with Crippen molar-refractivity contribution in [3.05, 3.63) is 97.2 Å². The summed E-state index contributed by atoms with van der Waals surface area (Å²) >= 11 is 0. The zero-order valence-electron chi connectivity index (χ0n) is 37.4. The van der Waals surface area contributed by atoms with E-state index in [0.717, 1.165) is 116 Å². The Morgan fingerprint density at radius 2 is 0.967 bits per heavy atom. The summed E-state index contributed by atoms with van der Waals surface area (Å²) in [7, 11) is 0. The van der Waals surface area contributed by atoms with E-state index in [2.05, 4.69) is 111 Å². The highest BCUT2D eigenvalue weighted by atomic mass is 16.7. The summed E-state index contributed by atoms with van der Waals surface area (Å²) in [6, 6.07) is 0. The highest BCUT2D eigenvalue weighted by Crippen LogP contribution is 2.22. The smallest absolute Gasteiger partial charge is 0.306 e. The van der Waals surface area contributed by atoms with Gasteiger partial charge in [0, 0.05) is 13.0 Å². The fourth-order valence-electron chi connectivity index (χ4n) is 6.41. The van der Waals surface area contributed by atoms with Crippen LogP contribution in [0.1, 0.15) is 155 Å². The zero-order valence-corrected chi connectivity index (χ0v) is 37.4. The number of carbonyl (C=O) groups is 1. The molecule has 1 heterocycles. The van der Waals surface area contributed by atoms with Crippen molar-refractivity contribution in [1.82, 2.24) is 0 Å². The van der Waals surface area contributed by atoms with Crippen LogP contribution in [0.4, 0.5) is 0 Å². The summed E-state index contributed by atoms with van der Waals surface area (Å²) in [6.45, 7) is 4.25. The normalized spacial score (nSPS) is 20.9. The van der Waals surface area contributed by atoms with Crippen LogP contribution in [0, 0.1) is 0 Å². The molecule has 1 fully saturated rings. The number of aliphatic hydroxyl groups excluding tert-OH is 4. The first-order valence-corrected chi connectivity index (χ1v) is 23.3. The maximum Gasteiger partial charge on any atom is 0.306 e. The molecule has 1 aliphatic rings. The Labute approximate surface area is 364 Å². The molecule has 9 heteroatoms. The minimum absolute atomic E-state index is 0.121. The SMILES string of the molecule is CC/C=C\C/C=C\C/C=C\C/C=C\C/C=C\CCCCCCCCOCC(COC1OC(CO)C(O)C(O)C1O)OC(=O)CCCCCCC/C=C\C/C=C\C/C=C\CC. The van der Waals surface area contributed by atoms with E-state index >= 15 is 0 Å². The number of rotatable bonds is 38. The van der Waals surface area contributed by atoms with Gasteiger partial charge in [0.15, 0.2) is 6.29 Å². The molecule has 1 rings (SSSR count). The van der Waals surface area contributed by atoms with Gasteiger partial charge in [0.05, 0.1) is 19.8 Å². The lowest BCUT2D eigenvalue weighted by Gasteiger charge is -2.39. The number of hydrogen-bond acceptors (Lipinski definition) is 9. The van der Waals surface area contributed by atoms with Crippen LogP contribution >= 0.6 is 0 Å². The molecule has 9 nitrogen and oxygen atoms in total. The Balaban J connectivity index is 2.27. The first-order valence-electron chi connectivity index (χ1n) is 23.3. The molecule has 342 valence electrons. The predicted octanol–water partition coefficient (Wildman–Crippen LogP) is 10.8. The summed E-state index contributed by atoms with van der Waals surface area (Å²) < 4.78 is 22.8. The number of unbranched alkanes of at least 4 members (excludes halogenated alkanes) is 11. The highest BCUT2D eigenvalue weighted by Gasteiger charge is 2.44. The van der Waals surface area contributed by atoms with Gasteiger partial charge in [-0.25, -0.2) is 0 Å². The molecule has 4 N–H and O–H groups in total. The predicted molar refractivity (Wildman–Crippen MR) is 246 cm³/mol. The van der Waals surface area contributed by atoms with Gasteiger partial charge in [-0.15, -0.1) is 0 Å². The Bertz CT molecular complexity index is 1230. The van der Waals surface area contributed by atoms with Gasteiger partial charge in [-0.3, -0.25) is 4.79 Å². The molecule has 0 bridgehead atoms. The van der Waals surface area contributed by atoms with Crippen molar-refractivity contribution in [3.8, 4) is 0 Å². The molecular weight excluding hydrogens is 757 g/mol. The van der Waals surface area contributed by atoms with Crippen LogP contribution in [-0.4, -0.2) is 89.6 Å². The molecule has 0 aromatic carbocycles. The Morgan fingerprint density at radius 1 is 0.533 bits per heavy atom. The fourth-order valence-corrected chi connectivity index (χ4v) is 6.41. The molecule has 0 aliphatic carbocycles. The third kappa shape index (κ3) is 31.9. The van der Waals surface area contributed by atoms with Gasteiger partial charge in [0.2, 0.25) is 0 Å². The average molecular weight is 841 g/mol. The lowest BCUT2D eigenvalue weighted by Crippen LogP contribution is -2.59. The first-order chi connectivity index (χ1) is 29.4. The van der Waals surface area contributed by atoms with Crippen LogP contribution in [0.25, 0.3) is 0 Å². The Hall–Kier alpha value is -2.89. The van der Waals surface area contributed by atoms with E-state index in [1.807, 2.05) is 0 Å². The molecule has 0 spiro atoms. The Morgan fingerprint density at radius 3 is 1.45 bits per heavy atom. The second-order valence-electron chi connectivity index (χ2n) is 15.4. The molecule has 60 heavy (non-hydrogen) atoms. The highest BCUT2D eigenvalue weighted by molar-refractivity contribution is 5.69. The lowest BCUT2D eigenvalue weighted by atomic mass is 9.99. The van der Waals surface area contributed by atoms with E-state index in [4.69, 9.17) is 18.9 Å². The van der Waals surface area contributed by atoms with Crippen molar-refractivity contribution in [1.29, 1.82) is 0 Å². The molecule has 6 atom stereocenters. The van der Waals surface area contributed by atoms with Crippen molar-refractivity contribution in [3.63, 3.8) is 0 Å². The van der Waals surface area contributed by atoms with Crippen molar-refractivity contribution < 1.29 is 44.2 Å². The van der Waals surface area contributed by atoms with Crippen LogP contribution in [0.5, 0.6) is 0 Å². The maximum absolute atomic E-state index is 12.8. The molecular formula is C51H84O9. The van der Waals surface area contributed by atoms with E-state index in [1.54, 1.807) is 0 Å². The van der Waals surface area contributed by atoms with Crippen LogP contribution < -0.4 is 0 Å². The summed E-state index contributed by atoms with van der Waals surface area (Å²) in [5.74, 6) is -0.341. The first kappa shape index (κ1) is 55.1. The number of allylic oxidation sites excluding steroid dienone is 16. The average Bonchev–Trinajstić information content (AvgIpc) is 3.25. The Kier molecular flexibility index (Phi) is 38.1. The van der Waals surface area contributed by atoms with Crippen molar-refractivity contribution in [2.24, 2.45) is 0 Å². The largest absolute Gasteiger partial charge is 0.457 e. The summed E-state index contributed by atoms with van der Waals surface area (Å²) in [6.07, 6.45) is 50.0. The lowest BCUT2D eigenvalue weighted by molar-refractivity contribution is -0.305. The maximum atomic E-state index is 12.8. The molecule has 6 unspecified atom stereocenters. The number of ether oxygens (including phenoxy) is 4. The summed E-state index contributed by atoms with van der Waals surface area (Å²) in [5, 5.41) is 40.2. The molecule has 0 aromatic heterocycles. The van der Waals surface area contributed by atoms with Crippen molar-refractivity contribution in [2.75, 3.05) is 26.4 Å². The van der Waals surface area contributed by atoms with Gasteiger partial charge < -0.3 is 39.4 Å². The van der Waals surface area contributed by atoms with Gasteiger partial charge in [0.25, 0.3) is 0 Å². The molecule has 0 amide bonds. The van der Waals surface area contributed by atoms with Crippen LogP contribution in [0.3, 0.4) is 0 Å². The molecule has 1 saturated heterocycles. The minimum Gasteiger partial charge on any atom is -0.457 e. The van der Waals surface area contributed by atoms with Gasteiger partial charge in [-0.1, -0.05) is 156 Å². The molecule has 0 aromatic rings. The minimum atomic E-state index is -1.55. The summed E-state index contributed by atoms with van der Waals surface area (Å²) in [5.41, 5.74) is 0. The van der Waals surface area contributed by atoms with Crippen LogP contribution in [0.2, 0.25) is 0 Å². The van der Waals surface area contributed by atoms with Crippen LogP contribution in [-0.2, 0) is 23.7 Å². The van der Waals surface area contributed by atoms with Gasteiger partial charge in [-0.2, -0.15) is 0 Å². The number of carbonyl (C=O) groups excluding carboxylic acids is 1. The molecule has 1 aliphatic heterocycles. The third-order valence-electron chi connectivity index (χ3n) is 10.00. The van der Waals surface area contributed by atoms with E-state index in [-0.39, 0.29) is 25.6 Å². The topological polar surface area (TPSA) is 135 Å². The second kappa shape index (κ2) is 41.5. The zero-order chi connectivity index (χ0) is 43.6. The van der Waals surface area contributed by atoms with E-state index < -0.39 is 43.4 Å². The fraction of sp³-hybridized carbons (Fsp3) is 0.667. The van der Waals surface area contributed by atoms with Gasteiger partial charge in [0.1, 0.15) is 30.5 Å². The summed E-state index contributed by atoms with van der Waals surface area (Å²) in [4.78, 5) is 12.8. The van der Waals surface area contributed by atoms with E-state index in [0.29, 0.717) is 6.61 Å². The van der Waals surface area contributed by atoms with Crippen molar-refractivity contribution >= 4 is 5.97 Å². The number of hydrogen-bond donors (Lipinski definition) is 4. The monoisotopic (exact) mass is 841 g/mol. The van der Waals surface area contributed by atoms with E-state index in [9.17, 15) is 25.2 Å². The second-order valence-corrected chi connectivity index (χ2v) is 15.4. The van der Waals surface area contributed by atoms with Gasteiger partial charge in [-0.05, 0) is 89.9 Å². The van der Waals surface area contributed by atoms with E-state index in [1.165, 1.54) is 19.3 Å². The van der Waals surface area contributed by atoms with Crippen molar-refractivity contribution in [2.45, 2.75) is 192 Å². The van der Waals surface area contributed by atoms with Crippen LogP contribution in [0.15, 0.2) is 97.2 Å². The number of aliphatic hydroxyl groups is 4. The molecule has 0 radical (unpaired) electrons. The van der Waals surface area contributed by atoms with Gasteiger partial charge >= 0.3 is 5.97 Å². The standard InChI is InChI=1S/C51H84O9/c1-3-5-7-9-11-13-15-17-19-20-21-22-23-24-25-27-29-31-33-35-37-39-41-57-43-45(44-58-51-50(56)49(55)48(54)46(42-52)60-51)59-47(53)40-38-36-34-32-30-28-26-18-16-14-12-10-8-6-4-2/h5-8,11-14,17-19,21-22,24-26,45-46,48-52,54-56H,3-4,9-10,15-16,20,23,27-44H2,1-2H3/b7-5-,8-6-,13-11-,14-12-,19-17-,22-21-,25-24-,26-18-.